The zero-order valence-electron chi connectivity index (χ0n) is 11.3. The third-order valence-corrected chi connectivity index (χ3v) is 3.63. The Kier molecular flexibility index (Phi) is 4.95. The van der Waals surface area contributed by atoms with Crippen molar-refractivity contribution in [1.29, 1.82) is 0 Å². The zero-order chi connectivity index (χ0) is 13.7. The zero-order valence-corrected chi connectivity index (χ0v) is 11.3. The molecule has 3 heteroatoms. The molecule has 1 aliphatic rings. The standard InChI is InChI=1S/C16H20FNO/c1-2-16-6-3-7-18(16)12-14-9-13(5-4-8-19)10-15(17)11-14/h9-11,16,19H,2-3,6-8,12H2,1H3. The summed E-state index contributed by atoms with van der Waals surface area (Å²) < 4.78 is 13.6. The Morgan fingerprint density at radius 3 is 3.00 bits per heavy atom. The second-order valence-electron chi connectivity index (χ2n) is 4.98. The van der Waals surface area contributed by atoms with E-state index in [2.05, 4.69) is 23.7 Å². The van der Waals surface area contributed by atoms with Gasteiger partial charge in [-0.3, -0.25) is 4.90 Å². The molecule has 1 aromatic rings. The fourth-order valence-electron chi connectivity index (χ4n) is 2.76. The second-order valence-corrected chi connectivity index (χ2v) is 4.98. The molecule has 1 fully saturated rings. The summed E-state index contributed by atoms with van der Waals surface area (Å²) in [6.45, 7) is 3.87. The first-order valence-corrected chi connectivity index (χ1v) is 6.86. The molecule has 0 radical (unpaired) electrons. The van der Waals surface area contributed by atoms with Crippen LogP contribution >= 0.6 is 0 Å². The van der Waals surface area contributed by atoms with Gasteiger partial charge in [0.2, 0.25) is 0 Å². The fraction of sp³-hybridized carbons (Fsp3) is 0.500. The number of hydrogen-bond acceptors (Lipinski definition) is 2. The molecular formula is C16H20FNO. The van der Waals surface area contributed by atoms with E-state index >= 15 is 0 Å². The van der Waals surface area contributed by atoms with Crippen LogP contribution < -0.4 is 0 Å². The molecule has 1 heterocycles. The molecule has 0 aromatic heterocycles. The predicted octanol–water partition coefficient (Wildman–Crippen LogP) is 2.54. The van der Waals surface area contributed by atoms with Gasteiger partial charge >= 0.3 is 0 Å². The van der Waals surface area contributed by atoms with Crippen LogP contribution in [0.1, 0.15) is 37.3 Å². The number of likely N-dealkylation sites (tertiary alicyclic amines) is 1. The lowest BCUT2D eigenvalue weighted by atomic mass is 10.1. The molecule has 0 amide bonds. The average molecular weight is 261 g/mol. The topological polar surface area (TPSA) is 23.5 Å². The largest absolute Gasteiger partial charge is 0.384 e. The van der Waals surface area contributed by atoms with Gasteiger partial charge in [-0.15, -0.1) is 0 Å². The van der Waals surface area contributed by atoms with E-state index in [0.717, 1.165) is 25.1 Å². The number of aliphatic hydroxyl groups is 1. The molecule has 1 saturated heterocycles. The van der Waals surface area contributed by atoms with Gasteiger partial charge in [-0.05, 0) is 49.6 Å². The molecule has 19 heavy (non-hydrogen) atoms. The Balaban J connectivity index is 2.13. The summed E-state index contributed by atoms with van der Waals surface area (Å²) in [6.07, 6.45) is 3.61. The first-order chi connectivity index (χ1) is 9.22. The fourth-order valence-corrected chi connectivity index (χ4v) is 2.76. The van der Waals surface area contributed by atoms with Crippen LogP contribution in [-0.4, -0.2) is 29.2 Å². The smallest absolute Gasteiger partial charge is 0.124 e. The molecule has 2 rings (SSSR count). The summed E-state index contributed by atoms with van der Waals surface area (Å²) in [4.78, 5) is 2.41. The summed E-state index contributed by atoms with van der Waals surface area (Å²) in [5.41, 5.74) is 1.60. The van der Waals surface area contributed by atoms with Crippen LogP contribution in [0.2, 0.25) is 0 Å². The molecule has 0 saturated carbocycles. The van der Waals surface area contributed by atoms with Crippen LogP contribution in [0.15, 0.2) is 18.2 Å². The van der Waals surface area contributed by atoms with E-state index in [1.165, 1.54) is 18.9 Å². The van der Waals surface area contributed by atoms with E-state index in [0.29, 0.717) is 11.6 Å². The Bertz CT molecular complexity index is 489. The van der Waals surface area contributed by atoms with Crippen molar-refractivity contribution in [2.45, 2.75) is 38.8 Å². The van der Waals surface area contributed by atoms with Gasteiger partial charge in [-0.1, -0.05) is 18.8 Å². The van der Waals surface area contributed by atoms with Gasteiger partial charge in [0.25, 0.3) is 0 Å². The van der Waals surface area contributed by atoms with Crippen molar-refractivity contribution in [2.24, 2.45) is 0 Å². The maximum absolute atomic E-state index is 13.6. The second kappa shape index (κ2) is 6.70. The molecule has 102 valence electrons. The lowest BCUT2D eigenvalue weighted by molar-refractivity contribution is 0.240. The van der Waals surface area contributed by atoms with E-state index < -0.39 is 0 Å². The maximum Gasteiger partial charge on any atom is 0.124 e. The van der Waals surface area contributed by atoms with Crippen LogP contribution in [0, 0.1) is 17.7 Å². The minimum Gasteiger partial charge on any atom is -0.384 e. The van der Waals surface area contributed by atoms with Gasteiger partial charge in [-0.25, -0.2) is 4.39 Å². The van der Waals surface area contributed by atoms with Gasteiger partial charge in [-0.2, -0.15) is 0 Å². The van der Waals surface area contributed by atoms with Crippen LogP contribution in [0.25, 0.3) is 0 Å². The van der Waals surface area contributed by atoms with E-state index in [1.807, 2.05) is 6.07 Å². The van der Waals surface area contributed by atoms with Crippen molar-refractivity contribution in [3.05, 3.63) is 35.1 Å². The summed E-state index contributed by atoms with van der Waals surface area (Å²) in [7, 11) is 0. The number of rotatable bonds is 3. The van der Waals surface area contributed by atoms with Gasteiger partial charge in [0.05, 0.1) is 0 Å². The van der Waals surface area contributed by atoms with E-state index in [9.17, 15) is 4.39 Å². The third kappa shape index (κ3) is 3.79. The van der Waals surface area contributed by atoms with Crippen molar-refractivity contribution in [3.8, 4) is 11.8 Å². The summed E-state index contributed by atoms with van der Waals surface area (Å²) >= 11 is 0. The Morgan fingerprint density at radius 1 is 1.42 bits per heavy atom. The Morgan fingerprint density at radius 2 is 2.26 bits per heavy atom. The first kappa shape index (κ1) is 14.0. The van der Waals surface area contributed by atoms with Crippen molar-refractivity contribution in [3.63, 3.8) is 0 Å². The Labute approximate surface area is 114 Å². The average Bonchev–Trinajstić information content (AvgIpc) is 2.83. The van der Waals surface area contributed by atoms with Gasteiger partial charge in [0, 0.05) is 18.2 Å². The number of halogens is 1. The van der Waals surface area contributed by atoms with Crippen LogP contribution in [-0.2, 0) is 6.54 Å². The Hall–Kier alpha value is -1.37. The molecule has 1 aliphatic heterocycles. The summed E-state index contributed by atoms with van der Waals surface area (Å²) in [6, 6.07) is 5.52. The number of hydrogen-bond donors (Lipinski definition) is 1. The molecular weight excluding hydrogens is 241 g/mol. The highest BCUT2D eigenvalue weighted by molar-refractivity contribution is 5.37. The molecule has 1 atom stereocenters. The molecule has 1 unspecified atom stereocenters. The summed E-state index contributed by atoms with van der Waals surface area (Å²) in [5.74, 6) is 5.07. The van der Waals surface area contributed by atoms with Gasteiger partial charge in [0.15, 0.2) is 0 Å². The van der Waals surface area contributed by atoms with Crippen molar-refractivity contribution >= 4 is 0 Å². The molecule has 0 spiro atoms. The lowest BCUT2D eigenvalue weighted by Crippen LogP contribution is -2.28. The number of nitrogens with zero attached hydrogens (tertiary/aromatic N) is 1. The highest BCUT2D eigenvalue weighted by atomic mass is 19.1. The van der Waals surface area contributed by atoms with Gasteiger partial charge < -0.3 is 5.11 Å². The van der Waals surface area contributed by atoms with E-state index in [4.69, 9.17) is 5.11 Å². The van der Waals surface area contributed by atoms with Crippen LogP contribution in [0.5, 0.6) is 0 Å². The maximum atomic E-state index is 13.6. The monoisotopic (exact) mass is 261 g/mol. The third-order valence-electron chi connectivity index (χ3n) is 3.63. The minimum absolute atomic E-state index is 0.199. The molecule has 1 N–H and O–H groups in total. The predicted molar refractivity (Wildman–Crippen MR) is 74.1 cm³/mol. The SMILES string of the molecule is CCC1CCCN1Cc1cc(F)cc(C#CCO)c1. The summed E-state index contributed by atoms with van der Waals surface area (Å²) in [5, 5.41) is 8.69. The molecule has 0 aliphatic carbocycles. The molecule has 2 nitrogen and oxygen atoms in total. The van der Waals surface area contributed by atoms with Gasteiger partial charge in [0.1, 0.15) is 12.4 Å². The van der Waals surface area contributed by atoms with E-state index in [1.54, 1.807) is 6.07 Å². The van der Waals surface area contributed by atoms with Crippen molar-refractivity contribution < 1.29 is 9.50 Å². The first-order valence-electron chi connectivity index (χ1n) is 6.86. The number of aliphatic hydroxyl groups excluding tert-OH is 1. The van der Waals surface area contributed by atoms with Crippen molar-refractivity contribution in [1.82, 2.24) is 4.90 Å². The van der Waals surface area contributed by atoms with E-state index in [-0.39, 0.29) is 12.4 Å². The number of benzene rings is 1. The quantitative estimate of drug-likeness (QED) is 0.845. The van der Waals surface area contributed by atoms with Crippen molar-refractivity contribution in [2.75, 3.05) is 13.2 Å². The lowest BCUT2D eigenvalue weighted by Gasteiger charge is -2.23. The minimum atomic E-state index is -0.257. The highest BCUT2D eigenvalue weighted by Gasteiger charge is 2.22. The highest BCUT2D eigenvalue weighted by Crippen LogP contribution is 2.22. The molecule has 0 bridgehead atoms. The normalized spacial score (nSPS) is 19.2. The van der Waals surface area contributed by atoms with Crippen LogP contribution in [0.4, 0.5) is 4.39 Å². The molecule has 1 aromatic carbocycles. The van der Waals surface area contributed by atoms with Crippen LogP contribution in [0.3, 0.4) is 0 Å².